The average Bonchev–Trinajstić information content (AvgIpc) is 2.70. The van der Waals surface area contributed by atoms with E-state index in [0.29, 0.717) is 24.7 Å². The lowest BCUT2D eigenvalue weighted by molar-refractivity contribution is -0.122. The number of hydrogen-bond donors (Lipinski definition) is 1. The standard InChI is InChI=1S/C22H28ClN3O2/c1-18-4-2-3-5-19(18)16-24-22(27)17-26-12-10-25(11-13-26)14-15-28-21-8-6-20(23)7-9-21/h2-9H,10-17H2,1H3,(H,24,27). The van der Waals surface area contributed by atoms with E-state index in [0.717, 1.165) is 38.5 Å². The van der Waals surface area contributed by atoms with Crippen LogP contribution in [0.5, 0.6) is 5.75 Å². The summed E-state index contributed by atoms with van der Waals surface area (Å²) in [7, 11) is 0. The molecule has 3 rings (SSSR count). The Labute approximate surface area is 172 Å². The Balaban J connectivity index is 1.31. The van der Waals surface area contributed by atoms with Gasteiger partial charge in [-0.1, -0.05) is 35.9 Å². The molecule has 0 aromatic heterocycles. The van der Waals surface area contributed by atoms with E-state index in [2.05, 4.69) is 34.2 Å². The van der Waals surface area contributed by atoms with E-state index in [-0.39, 0.29) is 5.91 Å². The number of piperazine rings is 1. The number of nitrogens with one attached hydrogen (secondary N) is 1. The van der Waals surface area contributed by atoms with Crippen molar-refractivity contribution in [1.82, 2.24) is 15.1 Å². The predicted molar refractivity (Wildman–Crippen MR) is 113 cm³/mol. The molecule has 1 fully saturated rings. The van der Waals surface area contributed by atoms with E-state index in [1.165, 1.54) is 11.1 Å². The Bertz CT molecular complexity index is 759. The Morgan fingerprint density at radius 2 is 1.71 bits per heavy atom. The normalized spacial score (nSPS) is 15.4. The molecule has 0 bridgehead atoms. The minimum Gasteiger partial charge on any atom is -0.492 e. The fraction of sp³-hybridized carbons (Fsp3) is 0.409. The zero-order valence-electron chi connectivity index (χ0n) is 16.4. The van der Waals surface area contributed by atoms with Gasteiger partial charge in [0, 0.05) is 44.3 Å². The van der Waals surface area contributed by atoms with Crippen molar-refractivity contribution < 1.29 is 9.53 Å². The second kappa shape index (κ2) is 10.5. The van der Waals surface area contributed by atoms with E-state index < -0.39 is 0 Å². The number of benzene rings is 2. The van der Waals surface area contributed by atoms with Crippen LogP contribution in [0.4, 0.5) is 0 Å². The first-order chi connectivity index (χ1) is 13.6. The molecule has 1 aliphatic heterocycles. The van der Waals surface area contributed by atoms with Gasteiger partial charge in [0.2, 0.25) is 5.91 Å². The number of rotatable bonds is 8. The van der Waals surface area contributed by atoms with E-state index >= 15 is 0 Å². The topological polar surface area (TPSA) is 44.8 Å². The van der Waals surface area contributed by atoms with Crippen molar-refractivity contribution in [2.75, 3.05) is 45.9 Å². The van der Waals surface area contributed by atoms with Gasteiger partial charge in [-0.25, -0.2) is 0 Å². The third-order valence-electron chi connectivity index (χ3n) is 5.06. The molecule has 1 aliphatic rings. The fourth-order valence-corrected chi connectivity index (χ4v) is 3.38. The van der Waals surface area contributed by atoms with Crippen LogP contribution in [0.25, 0.3) is 0 Å². The van der Waals surface area contributed by atoms with Crippen molar-refractivity contribution in [3.8, 4) is 5.75 Å². The molecule has 1 saturated heterocycles. The van der Waals surface area contributed by atoms with E-state index in [9.17, 15) is 4.79 Å². The number of ether oxygens (including phenoxy) is 1. The van der Waals surface area contributed by atoms with Crippen molar-refractivity contribution >= 4 is 17.5 Å². The van der Waals surface area contributed by atoms with Gasteiger partial charge in [0.05, 0.1) is 6.54 Å². The summed E-state index contributed by atoms with van der Waals surface area (Å²) in [5, 5.41) is 3.75. The van der Waals surface area contributed by atoms with Crippen LogP contribution < -0.4 is 10.1 Å². The number of amides is 1. The Hall–Kier alpha value is -2.08. The highest BCUT2D eigenvalue weighted by molar-refractivity contribution is 6.30. The molecule has 2 aromatic rings. The monoisotopic (exact) mass is 401 g/mol. The van der Waals surface area contributed by atoms with Crippen LogP contribution in [0.2, 0.25) is 5.02 Å². The molecule has 1 heterocycles. The molecule has 0 unspecified atom stereocenters. The molecule has 0 atom stereocenters. The highest BCUT2D eigenvalue weighted by Crippen LogP contribution is 2.15. The summed E-state index contributed by atoms with van der Waals surface area (Å²) in [4.78, 5) is 16.8. The molecule has 6 heteroatoms. The number of aryl methyl sites for hydroxylation is 1. The molecule has 2 aromatic carbocycles. The summed E-state index contributed by atoms with van der Waals surface area (Å²) in [5.41, 5.74) is 2.37. The Kier molecular flexibility index (Phi) is 7.71. The molecule has 5 nitrogen and oxygen atoms in total. The molecule has 0 saturated carbocycles. The lowest BCUT2D eigenvalue weighted by Gasteiger charge is -2.34. The van der Waals surface area contributed by atoms with E-state index in [1.54, 1.807) is 0 Å². The fourth-order valence-electron chi connectivity index (χ4n) is 3.26. The van der Waals surface area contributed by atoms with Crippen LogP contribution in [0.3, 0.4) is 0 Å². The summed E-state index contributed by atoms with van der Waals surface area (Å²) < 4.78 is 5.76. The van der Waals surface area contributed by atoms with Crippen LogP contribution in [0.15, 0.2) is 48.5 Å². The smallest absolute Gasteiger partial charge is 0.234 e. The second-order valence-corrected chi connectivity index (χ2v) is 7.56. The molecule has 150 valence electrons. The minimum absolute atomic E-state index is 0.0859. The zero-order valence-corrected chi connectivity index (χ0v) is 17.1. The number of nitrogens with zero attached hydrogens (tertiary/aromatic N) is 2. The van der Waals surface area contributed by atoms with Crippen LogP contribution >= 0.6 is 11.6 Å². The molecule has 0 aliphatic carbocycles. The lowest BCUT2D eigenvalue weighted by atomic mass is 10.1. The summed E-state index contributed by atoms with van der Waals surface area (Å²) >= 11 is 5.88. The number of carbonyl (C=O) groups is 1. The van der Waals surface area contributed by atoms with Gasteiger partial charge in [-0.05, 0) is 42.3 Å². The lowest BCUT2D eigenvalue weighted by Crippen LogP contribution is -2.50. The molecule has 1 N–H and O–H groups in total. The quantitative estimate of drug-likeness (QED) is 0.738. The first kappa shape index (κ1) is 20.6. The first-order valence-corrected chi connectivity index (χ1v) is 10.1. The highest BCUT2D eigenvalue weighted by Gasteiger charge is 2.18. The van der Waals surface area contributed by atoms with Crippen LogP contribution in [-0.4, -0.2) is 61.6 Å². The van der Waals surface area contributed by atoms with Crippen molar-refractivity contribution in [1.29, 1.82) is 0 Å². The molecule has 0 spiro atoms. The van der Waals surface area contributed by atoms with Crippen molar-refractivity contribution in [2.24, 2.45) is 0 Å². The maximum absolute atomic E-state index is 12.2. The third kappa shape index (κ3) is 6.51. The zero-order chi connectivity index (χ0) is 19.8. The van der Waals surface area contributed by atoms with Gasteiger partial charge in [0.15, 0.2) is 0 Å². The number of carbonyl (C=O) groups excluding carboxylic acids is 1. The summed E-state index contributed by atoms with van der Waals surface area (Å²) in [6, 6.07) is 15.6. The van der Waals surface area contributed by atoms with Gasteiger partial charge in [0.1, 0.15) is 12.4 Å². The summed E-state index contributed by atoms with van der Waals surface area (Å²) in [5.74, 6) is 0.927. The predicted octanol–water partition coefficient (Wildman–Crippen LogP) is 2.96. The molecular formula is C22H28ClN3O2. The van der Waals surface area contributed by atoms with Gasteiger partial charge in [0.25, 0.3) is 0 Å². The Morgan fingerprint density at radius 1 is 1.04 bits per heavy atom. The minimum atomic E-state index is 0.0859. The second-order valence-electron chi connectivity index (χ2n) is 7.12. The van der Waals surface area contributed by atoms with Crippen molar-refractivity contribution in [3.05, 3.63) is 64.7 Å². The summed E-state index contributed by atoms with van der Waals surface area (Å²) in [6.07, 6.45) is 0. The van der Waals surface area contributed by atoms with Gasteiger partial charge in [-0.3, -0.25) is 14.6 Å². The van der Waals surface area contributed by atoms with Crippen LogP contribution in [-0.2, 0) is 11.3 Å². The van der Waals surface area contributed by atoms with Gasteiger partial charge < -0.3 is 10.1 Å². The van der Waals surface area contributed by atoms with E-state index in [1.807, 2.05) is 36.4 Å². The van der Waals surface area contributed by atoms with Crippen LogP contribution in [0, 0.1) is 6.92 Å². The van der Waals surface area contributed by atoms with Crippen LogP contribution in [0.1, 0.15) is 11.1 Å². The van der Waals surface area contributed by atoms with E-state index in [4.69, 9.17) is 16.3 Å². The highest BCUT2D eigenvalue weighted by atomic mass is 35.5. The van der Waals surface area contributed by atoms with Gasteiger partial charge in [-0.2, -0.15) is 0 Å². The number of halogens is 1. The van der Waals surface area contributed by atoms with Gasteiger partial charge >= 0.3 is 0 Å². The van der Waals surface area contributed by atoms with Gasteiger partial charge in [-0.15, -0.1) is 0 Å². The number of hydrogen-bond acceptors (Lipinski definition) is 4. The van der Waals surface area contributed by atoms with Crippen molar-refractivity contribution in [3.63, 3.8) is 0 Å². The molecule has 1 amide bonds. The molecule has 0 radical (unpaired) electrons. The maximum atomic E-state index is 12.2. The SMILES string of the molecule is Cc1ccccc1CNC(=O)CN1CCN(CCOc2ccc(Cl)cc2)CC1. The Morgan fingerprint density at radius 3 is 2.43 bits per heavy atom. The first-order valence-electron chi connectivity index (χ1n) is 9.74. The largest absolute Gasteiger partial charge is 0.492 e. The maximum Gasteiger partial charge on any atom is 0.234 e. The molecule has 28 heavy (non-hydrogen) atoms. The molecular weight excluding hydrogens is 374 g/mol. The third-order valence-corrected chi connectivity index (χ3v) is 5.31. The summed E-state index contributed by atoms with van der Waals surface area (Å²) in [6.45, 7) is 8.36. The average molecular weight is 402 g/mol. The van der Waals surface area contributed by atoms with Crippen molar-refractivity contribution in [2.45, 2.75) is 13.5 Å².